The summed E-state index contributed by atoms with van der Waals surface area (Å²) in [5.74, 6) is 0.154. The van der Waals surface area contributed by atoms with Crippen molar-refractivity contribution in [1.82, 2.24) is 4.31 Å². The third-order valence-electron chi connectivity index (χ3n) is 4.27. The lowest BCUT2D eigenvalue weighted by Gasteiger charge is -2.15. The molecule has 30 heavy (non-hydrogen) atoms. The maximum Gasteiger partial charge on any atom is 0.340 e. The summed E-state index contributed by atoms with van der Waals surface area (Å²) >= 11 is 6.14. The van der Waals surface area contributed by atoms with Gasteiger partial charge in [-0.2, -0.15) is 0 Å². The Hall–Kier alpha value is -2.53. The van der Waals surface area contributed by atoms with E-state index >= 15 is 0 Å². The quantitative estimate of drug-likeness (QED) is 0.580. The molecule has 9 nitrogen and oxygen atoms in total. The first-order valence-electron chi connectivity index (χ1n) is 8.90. The van der Waals surface area contributed by atoms with Crippen LogP contribution in [0.4, 0.5) is 5.69 Å². The number of sulfonamides is 1. The number of halogens is 1. The molecule has 3 rings (SSSR count). The van der Waals surface area contributed by atoms with Crippen LogP contribution in [0.25, 0.3) is 0 Å². The summed E-state index contributed by atoms with van der Waals surface area (Å²) < 4.78 is 41.8. The monoisotopic (exact) mass is 456 g/mol. The number of nitrogens with one attached hydrogen (secondary N) is 1. The van der Waals surface area contributed by atoms with Crippen molar-refractivity contribution >= 4 is 33.3 Å². The van der Waals surface area contributed by atoms with Crippen LogP contribution >= 0.6 is 11.6 Å². The minimum Gasteiger partial charge on any atom is -0.457 e. The fourth-order valence-corrected chi connectivity index (χ4v) is 3.96. The summed E-state index contributed by atoms with van der Waals surface area (Å²) in [5.41, 5.74) is 0.952. The Morgan fingerprint density at radius 2 is 2.03 bits per heavy atom. The Labute approximate surface area is 179 Å². The number of benzene rings is 2. The predicted octanol–water partition coefficient (Wildman–Crippen LogP) is 2.08. The number of carbonyl (C=O) groups excluding carboxylic acids is 1. The molecule has 0 radical (unpaired) electrons. The zero-order valence-corrected chi connectivity index (χ0v) is 17.9. The first-order chi connectivity index (χ1) is 14.2. The smallest absolute Gasteiger partial charge is 0.340 e. The second-order valence-corrected chi connectivity index (χ2v) is 9.09. The van der Waals surface area contributed by atoms with Crippen LogP contribution in [0.5, 0.6) is 11.5 Å². The third-order valence-corrected chi connectivity index (χ3v) is 6.37. The van der Waals surface area contributed by atoms with Crippen molar-refractivity contribution in [3.8, 4) is 11.5 Å². The fraction of sp³-hybridized carbons (Fsp3) is 0.316. The average Bonchev–Trinajstić information content (AvgIpc) is 3.19. The molecule has 0 bridgehead atoms. The number of aliphatic hydroxyl groups is 1. The molecule has 1 aliphatic heterocycles. The molecule has 2 N–H and O–H groups in total. The zero-order valence-electron chi connectivity index (χ0n) is 16.3. The Bertz CT molecular complexity index is 1060. The summed E-state index contributed by atoms with van der Waals surface area (Å²) in [6.07, 6.45) is 0. The molecular formula is C19H21ClN2O7S. The Morgan fingerprint density at radius 1 is 1.27 bits per heavy atom. The lowest BCUT2D eigenvalue weighted by Crippen LogP contribution is -2.23. The molecule has 2 aromatic carbocycles. The van der Waals surface area contributed by atoms with Crippen molar-refractivity contribution in [1.29, 1.82) is 0 Å². The van der Waals surface area contributed by atoms with Crippen LogP contribution in [0.3, 0.4) is 0 Å². The third kappa shape index (κ3) is 4.62. The summed E-state index contributed by atoms with van der Waals surface area (Å²) in [5, 5.41) is 12.3. The van der Waals surface area contributed by atoms with Gasteiger partial charge in [0.15, 0.2) is 11.5 Å². The van der Waals surface area contributed by atoms with E-state index in [1.807, 2.05) is 0 Å². The van der Waals surface area contributed by atoms with Gasteiger partial charge in [0.05, 0.1) is 22.1 Å². The van der Waals surface area contributed by atoms with Crippen molar-refractivity contribution < 1.29 is 32.5 Å². The van der Waals surface area contributed by atoms with Crippen LogP contribution < -0.4 is 14.8 Å². The van der Waals surface area contributed by atoms with Crippen LogP contribution in [0.2, 0.25) is 5.02 Å². The second kappa shape index (κ2) is 9.09. The van der Waals surface area contributed by atoms with E-state index in [-0.39, 0.29) is 37.0 Å². The van der Waals surface area contributed by atoms with Gasteiger partial charge in [-0.05, 0) is 35.9 Å². The van der Waals surface area contributed by atoms with E-state index in [4.69, 9.17) is 30.9 Å². The number of rotatable bonds is 8. The molecule has 0 fully saturated rings. The summed E-state index contributed by atoms with van der Waals surface area (Å²) in [6, 6.07) is 7.33. The zero-order chi connectivity index (χ0) is 21.9. The highest BCUT2D eigenvalue weighted by atomic mass is 35.5. The highest BCUT2D eigenvalue weighted by Crippen LogP contribution is 2.40. The van der Waals surface area contributed by atoms with Gasteiger partial charge >= 0.3 is 5.97 Å². The normalized spacial score (nSPS) is 12.8. The highest BCUT2D eigenvalue weighted by molar-refractivity contribution is 7.89. The van der Waals surface area contributed by atoms with Gasteiger partial charge < -0.3 is 24.6 Å². The van der Waals surface area contributed by atoms with Crippen LogP contribution in [0, 0.1) is 0 Å². The molecule has 0 atom stereocenters. The van der Waals surface area contributed by atoms with Crippen molar-refractivity contribution in [2.24, 2.45) is 0 Å². The van der Waals surface area contributed by atoms with E-state index in [0.29, 0.717) is 27.8 Å². The van der Waals surface area contributed by atoms with Crippen molar-refractivity contribution in [2.75, 3.05) is 39.4 Å². The van der Waals surface area contributed by atoms with Crippen LogP contribution in [0.1, 0.15) is 15.9 Å². The lowest BCUT2D eigenvalue weighted by molar-refractivity contribution is 0.0473. The summed E-state index contributed by atoms with van der Waals surface area (Å²) in [6.45, 7) is -0.0373. The van der Waals surface area contributed by atoms with E-state index < -0.39 is 16.0 Å². The Morgan fingerprint density at radius 3 is 2.73 bits per heavy atom. The predicted molar refractivity (Wildman–Crippen MR) is 110 cm³/mol. The van der Waals surface area contributed by atoms with Gasteiger partial charge in [0.1, 0.15) is 6.61 Å². The van der Waals surface area contributed by atoms with E-state index in [2.05, 4.69) is 5.32 Å². The van der Waals surface area contributed by atoms with Gasteiger partial charge in [-0.1, -0.05) is 11.6 Å². The molecule has 1 aliphatic rings. The van der Waals surface area contributed by atoms with Crippen molar-refractivity contribution in [2.45, 2.75) is 11.5 Å². The van der Waals surface area contributed by atoms with Crippen LogP contribution in [0.15, 0.2) is 35.2 Å². The fourth-order valence-electron chi connectivity index (χ4n) is 2.74. The van der Waals surface area contributed by atoms with Gasteiger partial charge in [0.2, 0.25) is 16.8 Å². The number of hydrogen-bond donors (Lipinski definition) is 2. The number of hydrogen-bond acceptors (Lipinski definition) is 8. The van der Waals surface area contributed by atoms with E-state index in [9.17, 15) is 13.2 Å². The van der Waals surface area contributed by atoms with Gasteiger partial charge in [-0.3, -0.25) is 0 Å². The van der Waals surface area contributed by atoms with Gasteiger partial charge in [0, 0.05) is 26.3 Å². The molecule has 1 heterocycles. The molecule has 11 heteroatoms. The number of esters is 1. The lowest BCUT2D eigenvalue weighted by atomic mass is 10.1. The van der Waals surface area contributed by atoms with E-state index in [1.54, 1.807) is 12.1 Å². The maximum atomic E-state index is 12.7. The van der Waals surface area contributed by atoms with E-state index in [0.717, 1.165) is 4.31 Å². The number of nitrogens with zero attached hydrogens (tertiary/aromatic N) is 1. The number of ether oxygens (including phenoxy) is 3. The minimum absolute atomic E-state index is 0.0261. The summed E-state index contributed by atoms with van der Waals surface area (Å²) in [4.78, 5) is 12.7. The highest BCUT2D eigenvalue weighted by Gasteiger charge is 2.23. The number of fused-ring (bicyclic) bond motifs is 1. The largest absolute Gasteiger partial charge is 0.457 e. The second-order valence-electron chi connectivity index (χ2n) is 6.53. The van der Waals surface area contributed by atoms with Gasteiger partial charge in [0.25, 0.3) is 0 Å². The molecule has 0 unspecified atom stereocenters. The number of anilines is 1. The molecule has 162 valence electrons. The SMILES string of the molecule is CN(C)S(=O)(=O)c1ccc(NCCO)c(C(=O)OCc2cc(Cl)c3c(c2)OCO3)c1. The molecule has 0 saturated carbocycles. The van der Waals surface area contributed by atoms with Crippen LogP contribution in [-0.2, 0) is 21.4 Å². The first-order valence-corrected chi connectivity index (χ1v) is 10.7. The molecule has 0 aromatic heterocycles. The van der Waals surface area contributed by atoms with Crippen molar-refractivity contribution in [3.05, 3.63) is 46.5 Å². The molecule has 0 spiro atoms. The maximum absolute atomic E-state index is 12.7. The topological polar surface area (TPSA) is 114 Å². The molecular weight excluding hydrogens is 436 g/mol. The molecule has 0 amide bonds. The minimum atomic E-state index is -3.75. The molecule has 2 aromatic rings. The van der Waals surface area contributed by atoms with Gasteiger partial charge in [-0.15, -0.1) is 0 Å². The first kappa shape index (κ1) is 22.2. The number of aliphatic hydroxyl groups excluding tert-OH is 1. The van der Waals surface area contributed by atoms with Crippen LogP contribution in [-0.4, -0.2) is 57.8 Å². The van der Waals surface area contributed by atoms with E-state index in [1.165, 1.54) is 32.3 Å². The Balaban J connectivity index is 1.85. The molecule has 0 saturated heterocycles. The van der Waals surface area contributed by atoms with Crippen molar-refractivity contribution in [3.63, 3.8) is 0 Å². The van der Waals surface area contributed by atoms with Gasteiger partial charge in [-0.25, -0.2) is 17.5 Å². The standard InChI is InChI=1S/C19H21ClN2O7S/c1-22(2)30(25,26)13-3-4-16(21-5-6-23)14(9-13)19(24)27-10-12-7-15(20)18-17(8-12)28-11-29-18/h3-4,7-9,21,23H,5-6,10-11H2,1-2H3. The molecule has 0 aliphatic carbocycles. The Kier molecular flexibility index (Phi) is 6.71. The average molecular weight is 457 g/mol. The summed E-state index contributed by atoms with van der Waals surface area (Å²) in [7, 11) is -0.954. The number of carbonyl (C=O) groups is 1.